The Morgan fingerprint density at radius 1 is 1.78 bits per heavy atom. The van der Waals surface area contributed by atoms with Crippen molar-refractivity contribution in [3.8, 4) is 0 Å². The summed E-state index contributed by atoms with van der Waals surface area (Å²) in [6.45, 7) is 0. The van der Waals surface area contributed by atoms with E-state index in [1.807, 2.05) is 0 Å². The molecule has 0 fully saturated rings. The molecule has 0 spiro atoms. The van der Waals surface area contributed by atoms with Gasteiger partial charge >= 0.3 is 63.1 Å². The summed E-state index contributed by atoms with van der Waals surface area (Å²) in [5.74, 6) is 0. The largest absolute Gasteiger partial charge is 1.00 e. The van der Waals surface area contributed by atoms with Crippen molar-refractivity contribution in [2.24, 2.45) is 0 Å². The van der Waals surface area contributed by atoms with Crippen LogP contribution in [0.3, 0.4) is 0 Å². The molecule has 1 rings (SSSR count). The molecule has 0 unspecified atom stereocenters. The summed E-state index contributed by atoms with van der Waals surface area (Å²) in [4.78, 5) is 7.40. The predicted molar refractivity (Wildman–Crippen MR) is 26.7 cm³/mol. The molecule has 0 amide bonds. The van der Waals surface area contributed by atoms with Crippen LogP contribution in [0.1, 0.15) is 1.37 Å². The number of rotatable bonds is 0. The van der Waals surface area contributed by atoms with Gasteiger partial charge in [0.25, 0.3) is 0 Å². The van der Waals surface area contributed by atoms with Crippen LogP contribution in [0.25, 0.3) is 0 Å². The van der Waals surface area contributed by atoms with Crippen LogP contribution >= 0.6 is 11.6 Å². The first-order valence-corrected chi connectivity index (χ1v) is 3.88. The van der Waals surface area contributed by atoms with Gasteiger partial charge in [0.05, 0.1) is 0 Å². The molecule has 0 bridgehead atoms. The molecule has 0 radical (unpaired) electrons. The summed E-state index contributed by atoms with van der Waals surface area (Å²) in [7, 11) is 0. The Bertz CT molecular complexity index is 182. The summed E-state index contributed by atoms with van der Waals surface area (Å²) in [6, 6.07) is 1.60. The number of nitrogens with zero attached hydrogens (tertiary/aromatic N) is 2. The maximum Gasteiger partial charge on any atom is -1.00 e. The van der Waals surface area contributed by atoms with E-state index in [9.17, 15) is 0 Å². The normalized spacial score (nSPS) is 9.89. The van der Waals surface area contributed by atoms with Crippen molar-refractivity contribution in [2.45, 2.75) is 0 Å². The van der Waals surface area contributed by atoms with E-state index in [-0.39, 0.29) is 23.9 Å². The van der Waals surface area contributed by atoms with Crippen LogP contribution in [0, 0.1) is 0 Å². The molecule has 2 nitrogen and oxygen atoms in total. The molecule has 9 heavy (non-hydrogen) atoms. The van der Waals surface area contributed by atoms with Crippen molar-refractivity contribution in [3.05, 3.63) is 17.5 Å². The van der Waals surface area contributed by atoms with Crippen LogP contribution in [0.2, 0.25) is 5.28 Å². The van der Waals surface area contributed by atoms with Crippen molar-refractivity contribution in [1.29, 1.82) is 0 Å². The second-order valence-corrected chi connectivity index (χ2v) is 3.12. The van der Waals surface area contributed by atoms with E-state index in [0.717, 1.165) is 22.6 Å². The third kappa shape index (κ3) is 3.09. The smallest absolute Gasteiger partial charge is 1.00 e. The maximum absolute atomic E-state index is 7.06. The average molecular weight is 215 g/mol. The summed E-state index contributed by atoms with van der Waals surface area (Å²) < 4.78 is 7.91. The van der Waals surface area contributed by atoms with E-state index < -0.39 is 0 Å². The third-order valence-electron chi connectivity index (χ3n) is 0.624. The average Bonchev–Trinajstić information content (AvgIpc) is 1.59. The van der Waals surface area contributed by atoms with Crippen molar-refractivity contribution in [1.82, 2.24) is 9.97 Å². The molecule has 1 aromatic heterocycles. The standard InChI is InChI=1S/C4H2ClN2.ClH.Zn/c5-4-6-2-1-3-7-4;;/h1-2H;1H;/q;;+1/p-1/i2D;;. The van der Waals surface area contributed by atoms with E-state index in [0.29, 0.717) is 0 Å². The van der Waals surface area contributed by atoms with Crippen molar-refractivity contribution >= 4 is 15.9 Å². The zero-order valence-electron chi connectivity index (χ0n) is 5.43. The van der Waals surface area contributed by atoms with Gasteiger partial charge in [0.2, 0.25) is 0 Å². The van der Waals surface area contributed by atoms with E-state index in [1.165, 1.54) is 0 Å². The summed E-state index contributed by atoms with van der Waals surface area (Å²) in [6.07, 6.45) is 0.191. The zero-order chi connectivity index (χ0) is 6.85. The van der Waals surface area contributed by atoms with Crippen LogP contribution < -0.4 is 16.7 Å². The number of hydrogen-bond donors (Lipinski definition) is 0. The fraction of sp³-hybridized carbons (Fsp3) is 0. The first kappa shape index (κ1) is 7.39. The molecular formula is C4H2Cl2N2Zn. The third-order valence-corrected chi connectivity index (χ3v) is 1.55. The van der Waals surface area contributed by atoms with Crippen molar-refractivity contribution in [3.63, 3.8) is 0 Å². The predicted octanol–water partition coefficient (Wildman–Crippen LogP) is -2.69. The van der Waals surface area contributed by atoms with Crippen LogP contribution in [-0.4, -0.2) is 9.97 Å². The SMILES string of the molecule is [2H]c1c[c]([Zn+])nc(Cl)n1.[Cl-]. The number of halogens is 2. The minimum absolute atomic E-state index is 0. The molecule has 5 heteroatoms. The first-order chi connectivity index (χ1) is 4.18. The summed E-state index contributed by atoms with van der Waals surface area (Å²) in [5.41, 5.74) is 0. The van der Waals surface area contributed by atoms with Crippen LogP contribution in [0.5, 0.6) is 0 Å². The maximum atomic E-state index is 7.06. The van der Waals surface area contributed by atoms with E-state index in [4.69, 9.17) is 13.0 Å². The van der Waals surface area contributed by atoms with Gasteiger partial charge in [-0.25, -0.2) is 0 Å². The van der Waals surface area contributed by atoms with Gasteiger partial charge in [-0.15, -0.1) is 0 Å². The minimum Gasteiger partial charge on any atom is -1.00 e. The molecule has 0 aliphatic rings. The fourth-order valence-corrected chi connectivity index (χ4v) is 1.21. The monoisotopic (exact) mass is 213 g/mol. The van der Waals surface area contributed by atoms with Gasteiger partial charge in [-0.05, 0) is 0 Å². The molecule has 0 atom stereocenters. The first-order valence-electron chi connectivity index (χ1n) is 2.51. The van der Waals surface area contributed by atoms with Crippen LogP contribution in [-0.2, 0) is 18.3 Å². The molecule has 0 saturated heterocycles. The Kier molecular flexibility index (Phi) is 3.41. The molecule has 0 saturated carbocycles. The Balaban J connectivity index is 0.000000810. The molecule has 0 aromatic carbocycles. The molecule has 1 aromatic rings. The zero-order valence-corrected chi connectivity index (χ0v) is 8.91. The number of aromatic nitrogens is 2. The quantitative estimate of drug-likeness (QED) is 0.348. The van der Waals surface area contributed by atoms with E-state index in [1.54, 1.807) is 6.07 Å². The molecule has 0 N–H and O–H groups in total. The van der Waals surface area contributed by atoms with E-state index >= 15 is 0 Å². The summed E-state index contributed by atoms with van der Waals surface area (Å²) in [5, 5.41) is 0.170. The molecular weight excluding hydrogens is 212 g/mol. The molecule has 44 valence electrons. The van der Waals surface area contributed by atoms with Crippen LogP contribution in [0.15, 0.2) is 12.2 Å². The topological polar surface area (TPSA) is 25.8 Å². The Morgan fingerprint density at radius 2 is 2.44 bits per heavy atom. The van der Waals surface area contributed by atoms with Gasteiger partial charge in [0.15, 0.2) is 0 Å². The fourth-order valence-electron chi connectivity index (χ4n) is 0.336. The molecule has 0 aliphatic carbocycles. The van der Waals surface area contributed by atoms with Gasteiger partial charge in [-0.2, -0.15) is 0 Å². The Labute approximate surface area is 75.5 Å². The van der Waals surface area contributed by atoms with Crippen LogP contribution in [0.4, 0.5) is 0 Å². The molecule has 0 aliphatic heterocycles. The van der Waals surface area contributed by atoms with Gasteiger partial charge in [-0.1, -0.05) is 0 Å². The van der Waals surface area contributed by atoms with Gasteiger partial charge in [-0.3, -0.25) is 0 Å². The second-order valence-electron chi connectivity index (χ2n) is 1.26. The van der Waals surface area contributed by atoms with Gasteiger partial charge in [0.1, 0.15) is 0 Å². The minimum atomic E-state index is 0. The van der Waals surface area contributed by atoms with Gasteiger partial charge in [0, 0.05) is 0 Å². The van der Waals surface area contributed by atoms with Gasteiger partial charge < -0.3 is 12.4 Å². The number of hydrogen-bond acceptors (Lipinski definition) is 2. The molecule has 1 heterocycles. The van der Waals surface area contributed by atoms with E-state index in [2.05, 4.69) is 9.97 Å². The second kappa shape index (κ2) is 4.16. The van der Waals surface area contributed by atoms with Crippen molar-refractivity contribution in [2.75, 3.05) is 0 Å². The Hall–Kier alpha value is 0.283. The Morgan fingerprint density at radius 3 is 2.89 bits per heavy atom. The van der Waals surface area contributed by atoms with Crippen molar-refractivity contribution < 1.29 is 32.1 Å². The summed E-state index contributed by atoms with van der Waals surface area (Å²) >= 11 is 6.34.